The van der Waals surface area contributed by atoms with E-state index in [1.165, 1.54) is 13.8 Å². The van der Waals surface area contributed by atoms with E-state index in [4.69, 9.17) is 23.1 Å². The topological polar surface area (TPSA) is 138 Å². The summed E-state index contributed by atoms with van der Waals surface area (Å²) in [4.78, 5) is 23.6. The van der Waals surface area contributed by atoms with Gasteiger partial charge in [-0.15, -0.1) is 10.2 Å². The lowest BCUT2D eigenvalue weighted by Gasteiger charge is -2.17. The summed E-state index contributed by atoms with van der Waals surface area (Å²) in [5, 5.41) is 0. The molecule has 0 saturated heterocycles. The van der Waals surface area contributed by atoms with E-state index in [0.717, 1.165) is 14.5 Å². The van der Waals surface area contributed by atoms with Gasteiger partial charge in [-0.2, -0.15) is 0 Å². The van der Waals surface area contributed by atoms with E-state index in [9.17, 15) is 9.59 Å². The van der Waals surface area contributed by atoms with E-state index >= 15 is 0 Å². The average molecular weight is 553 g/mol. The van der Waals surface area contributed by atoms with Crippen LogP contribution in [0.15, 0.2) is 57.5 Å². The molecule has 29 heavy (non-hydrogen) atoms. The minimum Gasteiger partial charge on any atom is -0.299 e. The second kappa shape index (κ2) is 11.7. The van der Waals surface area contributed by atoms with E-state index in [1.54, 1.807) is 0 Å². The molecule has 2 aromatic rings. The zero-order valence-corrected chi connectivity index (χ0v) is 19.3. The summed E-state index contributed by atoms with van der Waals surface area (Å²) < 4.78 is 41.9. The van der Waals surface area contributed by atoms with Crippen LogP contribution in [0.25, 0.3) is 0 Å². The van der Waals surface area contributed by atoms with Crippen LogP contribution in [0.5, 0.6) is 5.75 Å². The fourth-order valence-electron chi connectivity index (χ4n) is 2.26. The summed E-state index contributed by atoms with van der Waals surface area (Å²) in [7, 11) is -4.94. The molecule has 7 nitrogen and oxygen atoms in total. The molecule has 0 atom stereocenters. The zero-order chi connectivity index (χ0) is 22.2. The van der Waals surface area contributed by atoms with Gasteiger partial charge < -0.3 is 0 Å². The predicted molar refractivity (Wildman–Crippen MR) is 102 cm³/mol. The third-order valence-electron chi connectivity index (χ3n) is 3.59. The highest BCUT2D eigenvalue weighted by atomic mass is 79.9. The van der Waals surface area contributed by atoms with Crippen LogP contribution in [0.4, 0.5) is 0 Å². The predicted octanol–water partition coefficient (Wildman–Crippen LogP) is 0.772. The lowest BCUT2D eigenvalue weighted by atomic mass is 9.92. The number of halogens is 3. The molecule has 0 saturated carbocycles. The second-order valence-corrected chi connectivity index (χ2v) is 8.43. The minimum atomic E-state index is -4.94. The van der Waals surface area contributed by atoms with Crippen molar-refractivity contribution in [3.8, 4) is 5.75 Å². The Labute approximate surface area is 186 Å². The number of benzene rings is 2. The Bertz CT molecular complexity index is 840. The molecule has 0 amide bonds. The highest BCUT2D eigenvalue weighted by molar-refractivity contribution is 9.10. The first-order valence-corrected chi connectivity index (χ1v) is 10.9. The molecule has 0 aliphatic rings. The molecule has 0 heterocycles. The van der Waals surface area contributed by atoms with E-state index in [0.29, 0.717) is 11.5 Å². The Morgan fingerprint density at radius 1 is 0.862 bits per heavy atom. The first-order chi connectivity index (χ1) is 13.4. The van der Waals surface area contributed by atoms with Crippen molar-refractivity contribution >= 4 is 49.2 Å². The van der Waals surface area contributed by atoms with Gasteiger partial charge in [-0.1, -0.05) is 31.9 Å². The van der Waals surface area contributed by atoms with Crippen LogP contribution in [0, 0.1) is 16.2 Å². The van der Waals surface area contributed by atoms with Gasteiger partial charge in [-0.3, -0.25) is 9.59 Å². The van der Waals surface area contributed by atoms with Gasteiger partial charge in [0.05, 0.1) is 17.9 Å². The summed E-state index contributed by atoms with van der Waals surface area (Å²) in [5.74, 6) is 0.245. The molecule has 2 rings (SSSR count). The van der Waals surface area contributed by atoms with Gasteiger partial charge >= 0.3 is 11.5 Å². The number of ketones is 3. The normalized spacial score (nSPS) is 11.7. The number of hydrogen-bond donors (Lipinski definition) is 0. The van der Waals surface area contributed by atoms with Gasteiger partial charge in [0.1, 0.15) is 11.6 Å². The third kappa shape index (κ3) is 10.8. The Morgan fingerprint density at radius 3 is 1.62 bits per heavy atom. The number of carbonyl (C=O) groups excluding carboxylic acids is 3. The molecule has 10 heteroatoms. The van der Waals surface area contributed by atoms with E-state index in [-0.39, 0.29) is 18.0 Å². The van der Waals surface area contributed by atoms with Gasteiger partial charge in [0, 0.05) is 21.1 Å². The fraction of sp³-hybridized carbons (Fsp3) is 0.211. The lowest BCUT2D eigenvalue weighted by Crippen LogP contribution is -2.68. The van der Waals surface area contributed by atoms with Gasteiger partial charge in [0.15, 0.2) is 0 Å². The van der Waals surface area contributed by atoms with E-state index in [2.05, 4.69) is 31.9 Å². The van der Waals surface area contributed by atoms with Crippen molar-refractivity contribution in [1.82, 2.24) is 0 Å². The van der Waals surface area contributed by atoms with Crippen molar-refractivity contribution in [2.75, 3.05) is 0 Å². The van der Waals surface area contributed by atoms with Crippen molar-refractivity contribution in [3.05, 3.63) is 63.0 Å². The van der Waals surface area contributed by atoms with Gasteiger partial charge in [-0.05, 0) is 50.2 Å². The van der Waals surface area contributed by atoms with Crippen molar-refractivity contribution in [2.24, 2.45) is 5.92 Å². The van der Waals surface area contributed by atoms with Crippen LogP contribution in [0.3, 0.4) is 0 Å². The molecule has 156 valence electrons. The molecule has 0 aromatic heterocycles. The number of hydrogen-bond acceptors (Lipinski definition) is 6. The molecule has 0 bridgehead atoms. The molecule has 0 aliphatic heterocycles. The zero-order valence-electron chi connectivity index (χ0n) is 15.4. The fourth-order valence-corrected chi connectivity index (χ4v) is 2.79. The molecule has 0 spiro atoms. The largest absolute Gasteiger partial charge is 0.353 e. The van der Waals surface area contributed by atoms with Crippen molar-refractivity contribution in [2.45, 2.75) is 20.3 Å². The summed E-state index contributed by atoms with van der Waals surface area (Å²) in [6, 6.07) is 15.0. The number of Topliss-reactive ketones (excluding diaryl/α,β-unsaturated/α-hetero) is 2. The molecule has 2 aromatic carbocycles. The molecule has 0 aliphatic carbocycles. The van der Waals surface area contributed by atoms with Crippen molar-refractivity contribution in [3.63, 3.8) is 0 Å². The SMILES string of the molecule is CC(=O)C(CC(=[O+]c1ccc(Br)cc1)c1ccc(Br)cc1)C(C)=O.[O-][Cl+3]([O-])([O-])[O-]. The van der Waals surface area contributed by atoms with E-state index < -0.39 is 16.2 Å². The van der Waals surface area contributed by atoms with Crippen LogP contribution < -0.4 is 18.6 Å². The molecule has 0 radical (unpaired) electrons. The third-order valence-corrected chi connectivity index (χ3v) is 4.65. The van der Waals surface area contributed by atoms with Crippen molar-refractivity contribution < 1.29 is 42.9 Å². The number of rotatable bonds is 6. The number of carbonyl (C=O) groups is 2. The quantitative estimate of drug-likeness (QED) is 0.295. The Kier molecular flexibility index (Phi) is 10.3. The smallest absolute Gasteiger partial charge is 0.299 e. The molecule has 0 N–H and O–H groups in total. The summed E-state index contributed by atoms with van der Waals surface area (Å²) in [5.41, 5.74) is 0.841. The first-order valence-electron chi connectivity index (χ1n) is 8.04. The van der Waals surface area contributed by atoms with Gasteiger partial charge in [0.2, 0.25) is 0 Å². The molecular weight excluding hydrogens is 535 g/mol. The lowest BCUT2D eigenvalue weighted by molar-refractivity contribution is -2.00. The van der Waals surface area contributed by atoms with Crippen LogP contribution in [-0.2, 0) is 9.59 Å². The maximum absolute atomic E-state index is 11.8. The highest BCUT2D eigenvalue weighted by Crippen LogP contribution is 2.23. The summed E-state index contributed by atoms with van der Waals surface area (Å²) in [6.07, 6.45) is 0.238. The van der Waals surface area contributed by atoms with Crippen LogP contribution in [0.1, 0.15) is 30.3 Å². The van der Waals surface area contributed by atoms with Crippen LogP contribution >= 0.6 is 31.9 Å². The van der Waals surface area contributed by atoms with Crippen LogP contribution in [0.2, 0.25) is 0 Å². The molecular formula is C19H17Br2ClO7. The first kappa shape index (κ1) is 25.6. The Balaban J connectivity index is 0.000000749. The van der Waals surface area contributed by atoms with Gasteiger partial charge in [0.25, 0.3) is 0 Å². The van der Waals surface area contributed by atoms with Crippen molar-refractivity contribution in [1.29, 1.82) is 0 Å². The maximum Gasteiger partial charge on any atom is 0.353 e. The monoisotopic (exact) mass is 550 g/mol. The molecule has 0 unspecified atom stereocenters. The second-order valence-electron chi connectivity index (χ2n) is 5.84. The summed E-state index contributed by atoms with van der Waals surface area (Å²) in [6.45, 7) is 2.87. The average Bonchev–Trinajstić information content (AvgIpc) is 2.59. The highest BCUT2D eigenvalue weighted by Gasteiger charge is 2.29. The molecule has 0 fully saturated rings. The van der Waals surface area contributed by atoms with Gasteiger partial charge in [-0.25, -0.2) is 23.1 Å². The minimum absolute atomic E-state index is 0.156. The van der Waals surface area contributed by atoms with E-state index in [1.807, 2.05) is 48.5 Å². The summed E-state index contributed by atoms with van der Waals surface area (Å²) >= 11 is 6.79. The maximum atomic E-state index is 11.8. The Morgan fingerprint density at radius 2 is 1.24 bits per heavy atom. The standard InChI is InChI=1S/C19H17Br2O3.ClHO4/c1-12(22)18(13(2)23)11-19(14-3-5-15(20)6-4-14)24-17-9-7-16(21)8-10-17;2-1(3,4)5/h3-10,18H,11H2,1-2H3;(H,2,3,4,5)/q+1;/p-1. The van der Waals surface area contributed by atoms with Crippen LogP contribution in [-0.4, -0.2) is 17.3 Å². The Hall–Kier alpha value is -1.46.